The Kier molecular flexibility index (Phi) is 3.63. The smallest absolute Gasteiger partial charge is 0.147 e. The van der Waals surface area contributed by atoms with Gasteiger partial charge < -0.3 is 9.30 Å². The molecule has 0 spiro atoms. The first kappa shape index (κ1) is 13.7. The molecule has 1 aliphatic rings. The molecule has 0 aliphatic heterocycles. The van der Waals surface area contributed by atoms with E-state index in [2.05, 4.69) is 17.6 Å². The molecule has 3 rings (SSSR count). The Labute approximate surface area is 124 Å². The van der Waals surface area contributed by atoms with Crippen LogP contribution in [0.3, 0.4) is 0 Å². The normalized spacial score (nSPS) is 18.2. The predicted octanol–water partition coefficient (Wildman–Crippen LogP) is 4.71. The molecule has 0 amide bonds. The van der Waals surface area contributed by atoms with Crippen molar-refractivity contribution in [3.05, 3.63) is 24.0 Å². The van der Waals surface area contributed by atoms with Crippen LogP contribution in [0.1, 0.15) is 50.9 Å². The molecule has 2 atom stereocenters. The zero-order chi connectivity index (χ0) is 14.3. The number of para-hydroxylation sites is 1. The van der Waals surface area contributed by atoms with Gasteiger partial charge in [-0.2, -0.15) is 0 Å². The molecule has 20 heavy (non-hydrogen) atoms. The standard InChI is InChI=1S/C16H21ClN2O/c1-4-20-14-7-5-6-13-15(14)18-16(10(2)17)19(13)11(3)12-8-9-12/h5-7,10-12H,4,8-9H2,1-3H3. The quantitative estimate of drug-likeness (QED) is 0.747. The summed E-state index contributed by atoms with van der Waals surface area (Å²) < 4.78 is 8.02. The van der Waals surface area contributed by atoms with Crippen LogP contribution in [0.15, 0.2) is 18.2 Å². The van der Waals surface area contributed by atoms with Crippen molar-refractivity contribution < 1.29 is 4.74 Å². The van der Waals surface area contributed by atoms with Crippen LogP contribution in [0.25, 0.3) is 11.0 Å². The van der Waals surface area contributed by atoms with Gasteiger partial charge in [-0.1, -0.05) is 6.07 Å². The van der Waals surface area contributed by atoms with E-state index in [4.69, 9.17) is 21.3 Å². The van der Waals surface area contributed by atoms with Crippen LogP contribution in [0.4, 0.5) is 0 Å². The minimum Gasteiger partial charge on any atom is -0.492 e. The number of halogens is 1. The molecule has 0 N–H and O–H groups in total. The largest absolute Gasteiger partial charge is 0.492 e. The number of nitrogens with zero attached hydrogens (tertiary/aromatic N) is 2. The molecule has 1 heterocycles. The third-order valence-electron chi connectivity index (χ3n) is 4.08. The number of hydrogen-bond acceptors (Lipinski definition) is 2. The maximum absolute atomic E-state index is 6.35. The maximum atomic E-state index is 6.35. The molecule has 1 aromatic heterocycles. The third-order valence-corrected chi connectivity index (χ3v) is 4.27. The lowest BCUT2D eigenvalue weighted by Crippen LogP contribution is -2.11. The molecule has 4 heteroatoms. The molecular formula is C16H21ClN2O. The van der Waals surface area contributed by atoms with E-state index in [9.17, 15) is 0 Å². The Hall–Kier alpha value is -1.22. The van der Waals surface area contributed by atoms with Crippen LogP contribution in [-0.4, -0.2) is 16.2 Å². The van der Waals surface area contributed by atoms with Gasteiger partial charge in [0.25, 0.3) is 0 Å². The Morgan fingerprint density at radius 2 is 2.15 bits per heavy atom. The summed E-state index contributed by atoms with van der Waals surface area (Å²) in [4.78, 5) is 4.77. The van der Waals surface area contributed by atoms with Crippen molar-refractivity contribution in [3.8, 4) is 5.75 Å². The number of aromatic nitrogens is 2. The van der Waals surface area contributed by atoms with E-state index >= 15 is 0 Å². The van der Waals surface area contributed by atoms with Gasteiger partial charge in [-0.3, -0.25) is 0 Å². The van der Waals surface area contributed by atoms with E-state index in [0.29, 0.717) is 12.6 Å². The van der Waals surface area contributed by atoms with Crippen LogP contribution in [0.2, 0.25) is 0 Å². The first-order valence-corrected chi connectivity index (χ1v) is 7.84. The summed E-state index contributed by atoms with van der Waals surface area (Å²) in [6, 6.07) is 6.58. The van der Waals surface area contributed by atoms with Gasteiger partial charge in [-0.25, -0.2) is 4.98 Å². The molecule has 0 bridgehead atoms. The van der Waals surface area contributed by atoms with Crippen LogP contribution < -0.4 is 4.74 Å². The minimum absolute atomic E-state index is 0.0990. The molecule has 1 fully saturated rings. The second-order valence-electron chi connectivity index (χ2n) is 5.59. The topological polar surface area (TPSA) is 27.1 Å². The number of rotatable bonds is 5. The highest BCUT2D eigenvalue weighted by atomic mass is 35.5. The van der Waals surface area contributed by atoms with Gasteiger partial charge in [-0.05, 0) is 51.7 Å². The van der Waals surface area contributed by atoms with E-state index in [-0.39, 0.29) is 5.38 Å². The molecular weight excluding hydrogens is 272 g/mol. The van der Waals surface area contributed by atoms with Gasteiger partial charge in [-0.15, -0.1) is 11.6 Å². The number of hydrogen-bond donors (Lipinski definition) is 0. The number of ether oxygens (including phenoxy) is 1. The zero-order valence-electron chi connectivity index (χ0n) is 12.3. The molecule has 3 nitrogen and oxygen atoms in total. The first-order valence-electron chi connectivity index (χ1n) is 7.41. The van der Waals surface area contributed by atoms with Gasteiger partial charge in [0.2, 0.25) is 0 Å². The van der Waals surface area contributed by atoms with E-state index in [0.717, 1.165) is 28.5 Å². The summed E-state index contributed by atoms with van der Waals surface area (Å²) in [6.45, 7) is 6.90. The summed E-state index contributed by atoms with van der Waals surface area (Å²) in [5, 5.41) is -0.0990. The zero-order valence-corrected chi connectivity index (χ0v) is 13.0. The highest BCUT2D eigenvalue weighted by molar-refractivity contribution is 6.20. The number of benzene rings is 1. The summed E-state index contributed by atoms with van der Waals surface area (Å²) in [6.07, 6.45) is 2.62. The van der Waals surface area contributed by atoms with Crippen molar-refractivity contribution in [2.75, 3.05) is 6.61 Å². The van der Waals surface area contributed by atoms with Gasteiger partial charge in [0.1, 0.15) is 17.1 Å². The van der Waals surface area contributed by atoms with E-state index in [1.807, 2.05) is 26.0 Å². The first-order chi connectivity index (χ1) is 9.63. The molecule has 2 unspecified atom stereocenters. The number of imidazole rings is 1. The van der Waals surface area contributed by atoms with E-state index < -0.39 is 0 Å². The van der Waals surface area contributed by atoms with Crippen molar-refractivity contribution >= 4 is 22.6 Å². The molecule has 108 valence electrons. The van der Waals surface area contributed by atoms with Gasteiger partial charge in [0.05, 0.1) is 17.5 Å². The fourth-order valence-electron chi connectivity index (χ4n) is 2.88. The summed E-state index contributed by atoms with van der Waals surface area (Å²) in [7, 11) is 0. The SMILES string of the molecule is CCOc1cccc2c1nc(C(C)Cl)n2C(C)C1CC1. The Balaban J connectivity index is 2.19. The lowest BCUT2D eigenvalue weighted by atomic mass is 10.2. The van der Waals surface area contributed by atoms with Crippen LogP contribution in [-0.2, 0) is 0 Å². The summed E-state index contributed by atoms with van der Waals surface area (Å²) in [5.74, 6) is 2.57. The van der Waals surface area contributed by atoms with Gasteiger partial charge >= 0.3 is 0 Å². The minimum atomic E-state index is -0.0990. The van der Waals surface area contributed by atoms with Crippen molar-refractivity contribution in [3.63, 3.8) is 0 Å². The fraction of sp³-hybridized carbons (Fsp3) is 0.562. The van der Waals surface area contributed by atoms with Crippen molar-refractivity contribution in [1.82, 2.24) is 9.55 Å². The molecule has 1 aromatic carbocycles. The second-order valence-corrected chi connectivity index (χ2v) is 6.25. The third kappa shape index (κ3) is 2.28. The molecule has 0 radical (unpaired) electrons. The van der Waals surface area contributed by atoms with Crippen LogP contribution >= 0.6 is 11.6 Å². The Morgan fingerprint density at radius 3 is 2.75 bits per heavy atom. The molecule has 1 saturated carbocycles. The van der Waals surface area contributed by atoms with E-state index in [1.54, 1.807) is 0 Å². The summed E-state index contributed by atoms with van der Waals surface area (Å²) >= 11 is 6.35. The molecule has 2 aromatic rings. The average molecular weight is 293 g/mol. The summed E-state index contributed by atoms with van der Waals surface area (Å²) in [5.41, 5.74) is 2.07. The second kappa shape index (κ2) is 5.28. The van der Waals surface area contributed by atoms with Crippen LogP contribution in [0.5, 0.6) is 5.75 Å². The van der Waals surface area contributed by atoms with Crippen molar-refractivity contribution in [2.45, 2.75) is 45.0 Å². The average Bonchev–Trinajstić information content (AvgIpc) is 3.18. The monoisotopic (exact) mass is 292 g/mol. The van der Waals surface area contributed by atoms with E-state index in [1.165, 1.54) is 12.8 Å². The maximum Gasteiger partial charge on any atom is 0.147 e. The Bertz CT molecular complexity index is 616. The van der Waals surface area contributed by atoms with Crippen molar-refractivity contribution in [1.29, 1.82) is 0 Å². The van der Waals surface area contributed by atoms with Crippen molar-refractivity contribution in [2.24, 2.45) is 5.92 Å². The number of alkyl halides is 1. The highest BCUT2D eigenvalue weighted by Gasteiger charge is 2.32. The lowest BCUT2D eigenvalue weighted by molar-refractivity contribution is 0.343. The van der Waals surface area contributed by atoms with Gasteiger partial charge in [0.15, 0.2) is 0 Å². The molecule has 1 aliphatic carbocycles. The lowest BCUT2D eigenvalue weighted by Gasteiger charge is -2.18. The predicted molar refractivity (Wildman–Crippen MR) is 82.6 cm³/mol. The van der Waals surface area contributed by atoms with Crippen LogP contribution in [0, 0.1) is 5.92 Å². The Morgan fingerprint density at radius 1 is 1.40 bits per heavy atom. The molecule has 0 saturated heterocycles. The fourth-order valence-corrected chi connectivity index (χ4v) is 3.03. The van der Waals surface area contributed by atoms with Gasteiger partial charge in [0, 0.05) is 6.04 Å². The highest BCUT2D eigenvalue weighted by Crippen LogP contribution is 2.43. The number of fused-ring (bicyclic) bond motifs is 1.